The molecular formula is C13H14N3OS2+. The van der Waals surface area contributed by atoms with Crippen molar-refractivity contribution in [2.45, 2.75) is 6.54 Å². The quantitative estimate of drug-likeness (QED) is 0.873. The van der Waals surface area contributed by atoms with Crippen LogP contribution in [0.5, 0.6) is 0 Å². The van der Waals surface area contributed by atoms with Crippen molar-refractivity contribution in [1.82, 2.24) is 0 Å². The van der Waals surface area contributed by atoms with E-state index < -0.39 is 0 Å². The van der Waals surface area contributed by atoms with E-state index in [-0.39, 0.29) is 5.91 Å². The predicted molar refractivity (Wildman–Crippen MR) is 77.4 cm³/mol. The number of hydrogen-bond acceptors (Lipinski definition) is 4. The molecule has 0 aliphatic carbocycles. The van der Waals surface area contributed by atoms with E-state index in [2.05, 4.69) is 17.5 Å². The van der Waals surface area contributed by atoms with Crippen molar-refractivity contribution in [2.75, 3.05) is 18.9 Å². The second kappa shape index (κ2) is 6.48. The molecule has 1 unspecified atom stereocenters. The number of nitriles is 1. The molecule has 0 spiro atoms. The Hall–Kier alpha value is -1.68. The number of amides is 1. The molecular weight excluding hydrogens is 278 g/mol. The Labute approximate surface area is 119 Å². The molecule has 98 valence electrons. The number of thiophene rings is 2. The van der Waals surface area contributed by atoms with Gasteiger partial charge in [-0.1, -0.05) is 6.07 Å². The van der Waals surface area contributed by atoms with Crippen molar-refractivity contribution in [1.29, 1.82) is 5.26 Å². The number of hydrogen-bond donors (Lipinski definition) is 2. The number of likely N-dealkylation sites (N-methyl/N-ethyl adjacent to an activating group) is 1. The fourth-order valence-corrected chi connectivity index (χ4v) is 3.28. The number of quaternary nitrogens is 1. The van der Waals surface area contributed by atoms with E-state index in [4.69, 9.17) is 5.26 Å². The van der Waals surface area contributed by atoms with E-state index in [9.17, 15) is 4.79 Å². The maximum Gasteiger partial charge on any atom is 0.280 e. The summed E-state index contributed by atoms with van der Waals surface area (Å²) in [4.78, 5) is 14.3. The van der Waals surface area contributed by atoms with Crippen LogP contribution in [0.4, 0.5) is 5.00 Å². The van der Waals surface area contributed by atoms with Gasteiger partial charge in [0, 0.05) is 0 Å². The molecule has 2 aromatic heterocycles. The van der Waals surface area contributed by atoms with Crippen molar-refractivity contribution in [3.05, 3.63) is 39.4 Å². The third-order valence-corrected chi connectivity index (χ3v) is 4.26. The molecule has 4 nitrogen and oxygen atoms in total. The molecule has 0 aromatic carbocycles. The van der Waals surface area contributed by atoms with Gasteiger partial charge in [0.1, 0.15) is 17.6 Å². The molecule has 0 radical (unpaired) electrons. The monoisotopic (exact) mass is 292 g/mol. The maximum atomic E-state index is 11.9. The SMILES string of the molecule is C[NH+](CC(=O)Nc1sccc1C#N)Cc1cccs1. The number of nitrogens with zero attached hydrogens (tertiary/aromatic N) is 1. The van der Waals surface area contributed by atoms with Crippen LogP contribution in [0.25, 0.3) is 0 Å². The Bertz CT molecular complexity index is 583. The van der Waals surface area contributed by atoms with Crippen LogP contribution in [0.1, 0.15) is 10.4 Å². The molecule has 0 bridgehead atoms. The van der Waals surface area contributed by atoms with Gasteiger partial charge in [-0.25, -0.2) is 0 Å². The van der Waals surface area contributed by atoms with E-state index >= 15 is 0 Å². The fourth-order valence-electron chi connectivity index (χ4n) is 1.71. The van der Waals surface area contributed by atoms with Gasteiger partial charge in [-0.2, -0.15) is 5.26 Å². The molecule has 19 heavy (non-hydrogen) atoms. The highest BCUT2D eigenvalue weighted by Gasteiger charge is 2.13. The number of anilines is 1. The average molecular weight is 292 g/mol. The van der Waals surface area contributed by atoms with Crippen molar-refractivity contribution in [3.8, 4) is 6.07 Å². The molecule has 0 aliphatic heterocycles. The largest absolute Gasteiger partial charge is 0.325 e. The van der Waals surface area contributed by atoms with Crippen molar-refractivity contribution >= 4 is 33.6 Å². The lowest BCUT2D eigenvalue weighted by molar-refractivity contribution is -0.884. The Morgan fingerprint density at radius 2 is 2.26 bits per heavy atom. The zero-order valence-electron chi connectivity index (χ0n) is 10.5. The van der Waals surface area contributed by atoms with Crippen molar-refractivity contribution in [2.24, 2.45) is 0 Å². The van der Waals surface area contributed by atoms with Crippen molar-refractivity contribution < 1.29 is 9.69 Å². The summed E-state index contributed by atoms with van der Waals surface area (Å²) >= 11 is 3.07. The van der Waals surface area contributed by atoms with Gasteiger partial charge in [0.2, 0.25) is 0 Å². The summed E-state index contributed by atoms with van der Waals surface area (Å²) < 4.78 is 0. The Morgan fingerprint density at radius 3 is 2.95 bits per heavy atom. The Morgan fingerprint density at radius 1 is 1.42 bits per heavy atom. The average Bonchev–Trinajstić information content (AvgIpc) is 2.99. The second-order valence-electron chi connectivity index (χ2n) is 4.21. The summed E-state index contributed by atoms with van der Waals surface area (Å²) in [6, 6.07) is 7.85. The molecule has 0 fully saturated rings. The zero-order valence-corrected chi connectivity index (χ0v) is 12.1. The second-order valence-corrected chi connectivity index (χ2v) is 6.16. The number of nitrogens with one attached hydrogen (secondary N) is 2. The standard InChI is InChI=1S/C13H13N3OS2/c1-16(8-11-3-2-5-18-11)9-12(17)15-13-10(7-14)4-6-19-13/h2-6H,8-9H2,1H3,(H,15,17)/p+1. The molecule has 2 aromatic rings. The fraction of sp³-hybridized carbons (Fsp3) is 0.231. The molecule has 6 heteroatoms. The summed E-state index contributed by atoms with van der Waals surface area (Å²) in [7, 11) is 1.99. The van der Waals surface area contributed by atoms with Crippen LogP contribution >= 0.6 is 22.7 Å². The summed E-state index contributed by atoms with van der Waals surface area (Å²) in [5, 5.41) is 16.1. The normalized spacial score (nSPS) is 11.8. The first kappa shape index (κ1) is 13.7. The summed E-state index contributed by atoms with van der Waals surface area (Å²) in [5.41, 5.74) is 0.522. The highest BCUT2D eigenvalue weighted by atomic mass is 32.1. The molecule has 0 saturated heterocycles. The highest BCUT2D eigenvalue weighted by molar-refractivity contribution is 7.14. The van der Waals surface area contributed by atoms with Gasteiger partial charge in [0.15, 0.2) is 6.54 Å². The molecule has 0 aliphatic rings. The molecule has 1 atom stereocenters. The van der Waals surface area contributed by atoms with Gasteiger partial charge in [-0.3, -0.25) is 4.79 Å². The smallest absolute Gasteiger partial charge is 0.280 e. The molecule has 0 saturated carbocycles. The number of carbonyl (C=O) groups is 1. The van der Waals surface area contributed by atoms with Crippen molar-refractivity contribution in [3.63, 3.8) is 0 Å². The van der Waals surface area contributed by atoms with Gasteiger partial charge < -0.3 is 10.2 Å². The topological polar surface area (TPSA) is 57.3 Å². The summed E-state index contributed by atoms with van der Waals surface area (Å²) in [5.74, 6) is -0.0620. The first-order valence-electron chi connectivity index (χ1n) is 5.80. The minimum Gasteiger partial charge on any atom is -0.325 e. The van der Waals surface area contributed by atoms with E-state index in [1.165, 1.54) is 16.2 Å². The van der Waals surface area contributed by atoms with Crippen LogP contribution < -0.4 is 10.2 Å². The minimum absolute atomic E-state index is 0.0620. The summed E-state index contributed by atoms with van der Waals surface area (Å²) in [6.45, 7) is 1.22. The van der Waals surface area contributed by atoms with Gasteiger partial charge in [0.05, 0.1) is 17.5 Å². The van der Waals surface area contributed by atoms with Gasteiger partial charge in [-0.15, -0.1) is 22.7 Å². The van der Waals surface area contributed by atoms with Crippen LogP contribution in [-0.4, -0.2) is 19.5 Å². The van der Waals surface area contributed by atoms with Crippen LogP contribution in [0.15, 0.2) is 29.0 Å². The minimum atomic E-state index is -0.0620. The predicted octanol–water partition coefficient (Wildman–Crippen LogP) is 1.33. The number of carbonyl (C=O) groups excluding carboxylic acids is 1. The number of rotatable bonds is 5. The first-order chi connectivity index (χ1) is 9.19. The van der Waals surface area contributed by atoms with Crippen LogP contribution in [-0.2, 0) is 11.3 Å². The van der Waals surface area contributed by atoms with Gasteiger partial charge in [-0.05, 0) is 22.9 Å². The molecule has 2 rings (SSSR count). The molecule has 2 N–H and O–H groups in total. The van der Waals surface area contributed by atoms with Gasteiger partial charge >= 0.3 is 0 Å². The molecule has 1 amide bonds. The first-order valence-corrected chi connectivity index (χ1v) is 7.56. The van der Waals surface area contributed by atoms with Crippen LogP contribution in [0.2, 0.25) is 0 Å². The van der Waals surface area contributed by atoms with E-state index in [1.807, 2.05) is 18.5 Å². The molecule has 2 heterocycles. The lowest BCUT2D eigenvalue weighted by Crippen LogP contribution is -3.08. The third kappa shape index (κ3) is 3.89. The van der Waals surface area contributed by atoms with E-state index in [1.54, 1.807) is 22.8 Å². The van der Waals surface area contributed by atoms with Crippen LogP contribution in [0.3, 0.4) is 0 Å². The van der Waals surface area contributed by atoms with Crippen LogP contribution in [0, 0.1) is 11.3 Å². The lowest BCUT2D eigenvalue weighted by atomic mass is 10.3. The van der Waals surface area contributed by atoms with E-state index in [0.29, 0.717) is 17.1 Å². The third-order valence-electron chi connectivity index (χ3n) is 2.56. The lowest BCUT2D eigenvalue weighted by Gasteiger charge is -2.12. The highest BCUT2D eigenvalue weighted by Crippen LogP contribution is 2.21. The zero-order chi connectivity index (χ0) is 13.7. The Kier molecular flexibility index (Phi) is 4.68. The summed E-state index contributed by atoms with van der Waals surface area (Å²) in [6.07, 6.45) is 0. The maximum absolute atomic E-state index is 11.9. The Balaban J connectivity index is 1.86. The van der Waals surface area contributed by atoms with E-state index in [0.717, 1.165) is 11.4 Å². The van der Waals surface area contributed by atoms with Gasteiger partial charge in [0.25, 0.3) is 5.91 Å².